The van der Waals surface area contributed by atoms with Gasteiger partial charge >= 0.3 is 0 Å². The van der Waals surface area contributed by atoms with Gasteiger partial charge in [-0.2, -0.15) is 0 Å². The van der Waals surface area contributed by atoms with Gasteiger partial charge in [0.15, 0.2) is 5.96 Å². The summed E-state index contributed by atoms with van der Waals surface area (Å²) in [5, 5.41) is 3.09. The summed E-state index contributed by atoms with van der Waals surface area (Å²) in [6.07, 6.45) is 1.20. The number of ether oxygens (including phenoxy) is 2. The molecule has 0 aromatic heterocycles. The number of likely N-dealkylation sites (N-methyl/N-ethyl adjacent to an activating group) is 1. The maximum absolute atomic E-state index is 6.01. The van der Waals surface area contributed by atoms with Crippen molar-refractivity contribution in [3.63, 3.8) is 0 Å². The van der Waals surface area contributed by atoms with Gasteiger partial charge in [-0.1, -0.05) is 0 Å². The van der Waals surface area contributed by atoms with Gasteiger partial charge in [-0.3, -0.25) is 4.99 Å². The number of nitrogens with two attached hydrogens (primary N) is 1. The predicted octanol–water partition coefficient (Wildman–Crippen LogP) is 1.69. The molecule has 0 radical (unpaired) electrons. The minimum Gasteiger partial charge on any atom is -0.497 e. The Bertz CT molecular complexity index is 556. The Morgan fingerprint density at radius 2 is 2.00 bits per heavy atom. The predicted molar refractivity (Wildman–Crippen MR) is 114 cm³/mol. The fraction of sp³-hybridized carbons (Fsp3) is 0.588. The summed E-state index contributed by atoms with van der Waals surface area (Å²) in [6, 6.07) is 5.52. The van der Waals surface area contributed by atoms with Crippen LogP contribution in [0.5, 0.6) is 11.5 Å². The highest BCUT2D eigenvalue weighted by atomic mass is 127. The van der Waals surface area contributed by atoms with Crippen molar-refractivity contribution in [3.8, 4) is 11.5 Å². The second-order valence-corrected chi connectivity index (χ2v) is 5.96. The molecule has 0 spiro atoms. The van der Waals surface area contributed by atoms with Crippen molar-refractivity contribution in [2.24, 2.45) is 10.7 Å². The maximum atomic E-state index is 6.01. The number of anilines is 1. The number of halogens is 1. The number of nitrogens with zero attached hydrogens (tertiary/aromatic N) is 3. The average Bonchev–Trinajstić information content (AvgIpc) is 2.79. The van der Waals surface area contributed by atoms with Crippen molar-refractivity contribution < 1.29 is 9.47 Å². The lowest BCUT2D eigenvalue weighted by Crippen LogP contribution is -2.32. The number of nitrogens with one attached hydrogen (secondary N) is 1. The summed E-state index contributed by atoms with van der Waals surface area (Å²) in [5.74, 6) is 1.82. The van der Waals surface area contributed by atoms with Gasteiger partial charge in [0.2, 0.25) is 0 Å². The Morgan fingerprint density at radius 3 is 2.72 bits per heavy atom. The molecule has 0 saturated carbocycles. The fourth-order valence-corrected chi connectivity index (χ4v) is 2.72. The molecule has 2 rings (SSSR count). The van der Waals surface area contributed by atoms with Crippen molar-refractivity contribution in [2.75, 3.05) is 65.9 Å². The minimum absolute atomic E-state index is 0. The Balaban J connectivity index is 0.00000312. The van der Waals surface area contributed by atoms with Crippen LogP contribution in [0.15, 0.2) is 23.2 Å². The first-order valence-corrected chi connectivity index (χ1v) is 8.32. The topological polar surface area (TPSA) is 75.3 Å². The van der Waals surface area contributed by atoms with Crippen LogP contribution in [0.1, 0.15) is 6.42 Å². The molecular weight excluding hydrogens is 433 g/mol. The maximum Gasteiger partial charge on any atom is 0.193 e. The van der Waals surface area contributed by atoms with Gasteiger partial charge in [0, 0.05) is 25.7 Å². The number of guanidine groups is 1. The molecule has 1 aliphatic rings. The van der Waals surface area contributed by atoms with E-state index in [2.05, 4.69) is 27.2 Å². The summed E-state index contributed by atoms with van der Waals surface area (Å²) < 4.78 is 10.6. The second-order valence-electron chi connectivity index (χ2n) is 5.96. The summed E-state index contributed by atoms with van der Waals surface area (Å²) >= 11 is 0. The fourth-order valence-electron chi connectivity index (χ4n) is 2.72. The zero-order valence-corrected chi connectivity index (χ0v) is 17.7. The second kappa shape index (κ2) is 11.4. The van der Waals surface area contributed by atoms with E-state index < -0.39 is 0 Å². The van der Waals surface area contributed by atoms with Crippen molar-refractivity contribution in [1.29, 1.82) is 0 Å². The molecule has 1 fully saturated rings. The minimum atomic E-state index is 0. The van der Waals surface area contributed by atoms with Crippen LogP contribution in [0.2, 0.25) is 0 Å². The summed E-state index contributed by atoms with van der Waals surface area (Å²) in [6.45, 7) is 6.08. The lowest BCUT2D eigenvalue weighted by Gasteiger charge is -2.19. The van der Waals surface area contributed by atoms with Crippen LogP contribution in [0.3, 0.4) is 0 Å². The van der Waals surface area contributed by atoms with Crippen molar-refractivity contribution in [1.82, 2.24) is 9.80 Å². The standard InChI is InChI=1S/C17H29N5O2.HI/c1-21-8-4-9-22(12-11-21)10-7-19-17(18)20-15-13-14(23-2)5-6-16(15)24-3;/h5-6,13H,4,7-12H2,1-3H3,(H3,18,19,20);1H. The molecule has 0 aliphatic carbocycles. The van der Waals surface area contributed by atoms with E-state index in [0.29, 0.717) is 18.3 Å². The molecule has 25 heavy (non-hydrogen) atoms. The van der Waals surface area contributed by atoms with E-state index in [4.69, 9.17) is 15.2 Å². The van der Waals surface area contributed by atoms with E-state index in [0.717, 1.165) is 37.6 Å². The van der Waals surface area contributed by atoms with Gasteiger partial charge in [0.05, 0.1) is 26.5 Å². The van der Waals surface area contributed by atoms with Gasteiger partial charge in [-0.15, -0.1) is 24.0 Å². The molecule has 142 valence electrons. The Kier molecular flexibility index (Phi) is 9.91. The van der Waals surface area contributed by atoms with Gasteiger partial charge in [0.1, 0.15) is 11.5 Å². The van der Waals surface area contributed by atoms with Gasteiger partial charge in [-0.25, -0.2) is 0 Å². The first kappa shape index (κ1) is 21.8. The Hall–Kier alpha value is -1.26. The molecule has 0 amide bonds. The molecule has 1 aromatic carbocycles. The van der Waals surface area contributed by atoms with Crippen molar-refractivity contribution in [2.45, 2.75) is 6.42 Å². The SMILES string of the molecule is COc1ccc(OC)c(NC(N)=NCCN2CCCN(C)CC2)c1.I. The molecule has 0 unspecified atom stereocenters. The van der Waals surface area contributed by atoms with Crippen LogP contribution in [-0.4, -0.2) is 76.3 Å². The van der Waals surface area contributed by atoms with E-state index >= 15 is 0 Å². The summed E-state index contributed by atoms with van der Waals surface area (Å²) in [5.41, 5.74) is 6.75. The molecule has 1 heterocycles. The third-order valence-electron chi connectivity index (χ3n) is 4.18. The number of methoxy groups -OCH3 is 2. The largest absolute Gasteiger partial charge is 0.497 e. The van der Waals surface area contributed by atoms with Gasteiger partial charge in [-0.05, 0) is 38.7 Å². The van der Waals surface area contributed by atoms with Crippen LogP contribution in [0, 0.1) is 0 Å². The first-order valence-electron chi connectivity index (χ1n) is 8.32. The van der Waals surface area contributed by atoms with E-state index in [1.165, 1.54) is 13.0 Å². The van der Waals surface area contributed by atoms with E-state index in [1.54, 1.807) is 14.2 Å². The van der Waals surface area contributed by atoms with Crippen LogP contribution >= 0.6 is 24.0 Å². The molecule has 3 N–H and O–H groups in total. The Morgan fingerprint density at radius 1 is 1.20 bits per heavy atom. The van der Waals surface area contributed by atoms with Crippen molar-refractivity contribution >= 4 is 35.6 Å². The molecule has 1 aliphatic heterocycles. The third-order valence-corrected chi connectivity index (χ3v) is 4.18. The normalized spacial score (nSPS) is 16.7. The number of benzene rings is 1. The van der Waals surface area contributed by atoms with Crippen LogP contribution in [0.4, 0.5) is 5.69 Å². The van der Waals surface area contributed by atoms with Crippen molar-refractivity contribution in [3.05, 3.63) is 18.2 Å². The van der Waals surface area contributed by atoms with Crippen LogP contribution in [0.25, 0.3) is 0 Å². The highest BCUT2D eigenvalue weighted by molar-refractivity contribution is 14.0. The number of hydrogen-bond donors (Lipinski definition) is 2. The Labute approximate surface area is 167 Å². The average molecular weight is 463 g/mol. The number of aliphatic imine (C=N–C) groups is 1. The van der Waals surface area contributed by atoms with E-state index in [9.17, 15) is 0 Å². The number of rotatable bonds is 6. The molecule has 1 saturated heterocycles. The van der Waals surface area contributed by atoms with E-state index in [-0.39, 0.29) is 24.0 Å². The van der Waals surface area contributed by atoms with E-state index in [1.807, 2.05) is 18.2 Å². The molecule has 0 bridgehead atoms. The van der Waals surface area contributed by atoms with Crippen LogP contribution < -0.4 is 20.5 Å². The molecule has 1 aromatic rings. The number of hydrogen-bond acceptors (Lipinski definition) is 5. The molecule has 0 atom stereocenters. The zero-order valence-electron chi connectivity index (χ0n) is 15.3. The van der Waals surface area contributed by atoms with Gasteiger partial charge < -0.3 is 30.3 Å². The first-order chi connectivity index (χ1) is 11.6. The monoisotopic (exact) mass is 463 g/mol. The summed E-state index contributed by atoms with van der Waals surface area (Å²) in [4.78, 5) is 9.23. The van der Waals surface area contributed by atoms with Gasteiger partial charge in [0.25, 0.3) is 0 Å². The smallest absolute Gasteiger partial charge is 0.193 e. The zero-order chi connectivity index (χ0) is 17.4. The third kappa shape index (κ3) is 7.25. The highest BCUT2D eigenvalue weighted by Gasteiger charge is 2.11. The highest BCUT2D eigenvalue weighted by Crippen LogP contribution is 2.28. The lowest BCUT2D eigenvalue weighted by atomic mass is 10.2. The van der Waals surface area contributed by atoms with Crippen LogP contribution in [-0.2, 0) is 0 Å². The quantitative estimate of drug-likeness (QED) is 0.380. The lowest BCUT2D eigenvalue weighted by molar-refractivity contribution is 0.283. The molecule has 7 nitrogen and oxygen atoms in total. The molecule has 8 heteroatoms. The molecular formula is C17H30IN5O2. The summed E-state index contributed by atoms with van der Waals surface area (Å²) in [7, 11) is 5.42.